The summed E-state index contributed by atoms with van der Waals surface area (Å²) in [5.74, 6) is 0. The second kappa shape index (κ2) is 5.62. The Bertz CT molecular complexity index is 415. The molecule has 0 aliphatic carbocycles. The number of anilines is 1. The van der Waals surface area contributed by atoms with Crippen LogP contribution in [0.25, 0.3) is 0 Å². The Hall–Kier alpha value is -0.540. The van der Waals surface area contributed by atoms with Gasteiger partial charge in [0.2, 0.25) is 0 Å². The first kappa shape index (κ1) is 13.9. The van der Waals surface area contributed by atoms with Gasteiger partial charge < -0.3 is 10.2 Å². The van der Waals surface area contributed by atoms with E-state index in [1.165, 1.54) is 28.6 Å². The highest BCUT2D eigenvalue weighted by molar-refractivity contribution is 9.10. The summed E-state index contributed by atoms with van der Waals surface area (Å²) in [6.45, 7) is 10.0. The molecule has 0 amide bonds. The van der Waals surface area contributed by atoms with E-state index in [2.05, 4.69) is 65.1 Å². The molecule has 1 N–H and O–H groups in total. The molecule has 3 heteroatoms. The lowest BCUT2D eigenvalue weighted by atomic mass is 10.0. The molecular formula is C15H23BrN2. The largest absolute Gasteiger partial charge is 0.369 e. The summed E-state index contributed by atoms with van der Waals surface area (Å²) in [6, 6.07) is 6.63. The van der Waals surface area contributed by atoms with Crippen molar-refractivity contribution in [3.8, 4) is 0 Å². The van der Waals surface area contributed by atoms with E-state index in [1.807, 2.05) is 0 Å². The van der Waals surface area contributed by atoms with Gasteiger partial charge in [-0.3, -0.25) is 0 Å². The topological polar surface area (TPSA) is 15.3 Å². The Balaban J connectivity index is 2.23. The van der Waals surface area contributed by atoms with Crippen LogP contribution in [0.5, 0.6) is 0 Å². The molecule has 0 spiro atoms. The third kappa shape index (κ3) is 3.48. The van der Waals surface area contributed by atoms with Crippen molar-refractivity contribution in [3.63, 3.8) is 0 Å². The number of rotatable bonds is 1. The van der Waals surface area contributed by atoms with Gasteiger partial charge in [0.1, 0.15) is 0 Å². The minimum atomic E-state index is 0.171. The summed E-state index contributed by atoms with van der Waals surface area (Å²) in [7, 11) is 0. The number of nitrogens with zero attached hydrogens (tertiary/aromatic N) is 1. The molecule has 0 atom stereocenters. The minimum Gasteiger partial charge on any atom is -0.369 e. The van der Waals surface area contributed by atoms with Crippen molar-refractivity contribution >= 4 is 21.6 Å². The lowest BCUT2D eigenvalue weighted by Gasteiger charge is -2.37. The average Bonchev–Trinajstić information content (AvgIpc) is 2.24. The SMILES string of the molecule is Cc1ccc(N2CCCCNC(C)(C)C2)c(Br)c1. The van der Waals surface area contributed by atoms with Crippen LogP contribution >= 0.6 is 15.9 Å². The summed E-state index contributed by atoms with van der Waals surface area (Å²) in [5, 5.41) is 3.63. The van der Waals surface area contributed by atoms with Crippen molar-refractivity contribution in [3.05, 3.63) is 28.2 Å². The zero-order valence-corrected chi connectivity index (χ0v) is 13.2. The molecule has 1 aromatic rings. The van der Waals surface area contributed by atoms with E-state index >= 15 is 0 Å². The third-order valence-electron chi connectivity index (χ3n) is 3.49. The zero-order valence-electron chi connectivity index (χ0n) is 11.6. The van der Waals surface area contributed by atoms with Gasteiger partial charge in [0.05, 0.1) is 5.69 Å². The van der Waals surface area contributed by atoms with Gasteiger partial charge in [-0.05, 0) is 73.8 Å². The lowest BCUT2D eigenvalue weighted by Crippen LogP contribution is -2.51. The van der Waals surface area contributed by atoms with Crippen molar-refractivity contribution < 1.29 is 0 Å². The summed E-state index contributed by atoms with van der Waals surface area (Å²) < 4.78 is 1.21. The first-order valence-corrected chi connectivity index (χ1v) is 7.53. The molecule has 1 aromatic carbocycles. The van der Waals surface area contributed by atoms with E-state index in [9.17, 15) is 0 Å². The highest BCUT2D eigenvalue weighted by Crippen LogP contribution is 2.29. The zero-order chi connectivity index (χ0) is 13.2. The summed E-state index contributed by atoms with van der Waals surface area (Å²) >= 11 is 3.70. The predicted molar refractivity (Wildman–Crippen MR) is 82.4 cm³/mol. The normalized spacial score (nSPS) is 20.3. The molecule has 0 saturated carbocycles. The van der Waals surface area contributed by atoms with Crippen molar-refractivity contribution in [1.82, 2.24) is 5.32 Å². The summed E-state index contributed by atoms with van der Waals surface area (Å²) in [4.78, 5) is 2.50. The van der Waals surface area contributed by atoms with Crippen molar-refractivity contribution in [2.24, 2.45) is 0 Å². The molecule has 18 heavy (non-hydrogen) atoms. The molecule has 1 saturated heterocycles. The van der Waals surface area contributed by atoms with Crippen LogP contribution in [0.15, 0.2) is 22.7 Å². The molecule has 2 rings (SSSR count). The monoisotopic (exact) mass is 310 g/mol. The molecule has 0 radical (unpaired) electrons. The van der Waals surface area contributed by atoms with Gasteiger partial charge in [0.15, 0.2) is 0 Å². The molecule has 1 aliphatic heterocycles. The maximum Gasteiger partial charge on any atom is 0.0511 e. The van der Waals surface area contributed by atoms with E-state index in [0.717, 1.165) is 19.6 Å². The highest BCUT2D eigenvalue weighted by atomic mass is 79.9. The van der Waals surface area contributed by atoms with Crippen LogP contribution in [-0.4, -0.2) is 25.2 Å². The van der Waals surface area contributed by atoms with E-state index in [-0.39, 0.29) is 5.54 Å². The summed E-state index contributed by atoms with van der Waals surface area (Å²) in [6.07, 6.45) is 2.51. The number of aryl methyl sites for hydroxylation is 1. The maximum atomic E-state index is 3.70. The Morgan fingerprint density at radius 1 is 1.28 bits per heavy atom. The number of hydrogen-bond acceptors (Lipinski definition) is 2. The maximum absolute atomic E-state index is 3.70. The Morgan fingerprint density at radius 3 is 2.78 bits per heavy atom. The first-order chi connectivity index (χ1) is 8.48. The Kier molecular flexibility index (Phi) is 4.33. The molecule has 0 unspecified atom stereocenters. The van der Waals surface area contributed by atoms with Gasteiger partial charge in [-0.1, -0.05) is 6.07 Å². The van der Waals surface area contributed by atoms with Crippen LogP contribution in [0.4, 0.5) is 5.69 Å². The van der Waals surface area contributed by atoms with Crippen LogP contribution in [-0.2, 0) is 0 Å². The Morgan fingerprint density at radius 2 is 2.06 bits per heavy atom. The molecule has 1 heterocycles. The number of nitrogens with one attached hydrogen (secondary N) is 1. The van der Waals surface area contributed by atoms with Crippen molar-refractivity contribution in [1.29, 1.82) is 0 Å². The molecular weight excluding hydrogens is 288 g/mol. The smallest absolute Gasteiger partial charge is 0.0511 e. The van der Waals surface area contributed by atoms with E-state index in [1.54, 1.807) is 0 Å². The minimum absolute atomic E-state index is 0.171. The number of hydrogen-bond donors (Lipinski definition) is 1. The molecule has 0 aromatic heterocycles. The van der Waals surface area contributed by atoms with Gasteiger partial charge in [-0.25, -0.2) is 0 Å². The average molecular weight is 311 g/mol. The summed E-state index contributed by atoms with van der Waals surface area (Å²) in [5.41, 5.74) is 2.79. The fraction of sp³-hybridized carbons (Fsp3) is 0.600. The molecule has 2 nitrogen and oxygen atoms in total. The standard InChI is InChI=1S/C15H23BrN2/c1-12-6-7-14(13(16)10-12)18-9-5-4-8-17-15(2,3)11-18/h6-7,10,17H,4-5,8-9,11H2,1-3H3. The molecule has 0 bridgehead atoms. The van der Waals surface area contributed by atoms with Crippen molar-refractivity contribution in [2.45, 2.75) is 39.2 Å². The highest BCUT2D eigenvalue weighted by Gasteiger charge is 2.23. The molecule has 1 aliphatic rings. The van der Waals surface area contributed by atoms with E-state index in [4.69, 9.17) is 0 Å². The predicted octanol–water partition coefficient (Wildman–Crippen LogP) is 3.73. The lowest BCUT2D eigenvalue weighted by molar-refractivity contribution is 0.364. The van der Waals surface area contributed by atoms with E-state index in [0.29, 0.717) is 0 Å². The Labute approximate surface area is 119 Å². The second-order valence-electron chi connectivity index (χ2n) is 5.89. The third-order valence-corrected chi connectivity index (χ3v) is 4.12. The van der Waals surface area contributed by atoms with Crippen LogP contribution in [0, 0.1) is 6.92 Å². The van der Waals surface area contributed by atoms with Gasteiger partial charge >= 0.3 is 0 Å². The molecule has 100 valence electrons. The fourth-order valence-corrected chi connectivity index (χ4v) is 3.28. The van der Waals surface area contributed by atoms with Crippen LogP contribution in [0.1, 0.15) is 32.3 Å². The number of benzene rings is 1. The van der Waals surface area contributed by atoms with Crippen LogP contribution < -0.4 is 10.2 Å². The van der Waals surface area contributed by atoms with Gasteiger partial charge in [0, 0.05) is 23.1 Å². The van der Waals surface area contributed by atoms with Gasteiger partial charge in [-0.15, -0.1) is 0 Å². The van der Waals surface area contributed by atoms with Crippen LogP contribution in [0.2, 0.25) is 0 Å². The first-order valence-electron chi connectivity index (χ1n) is 6.74. The van der Waals surface area contributed by atoms with Gasteiger partial charge in [-0.2, -0.15) is 0 Å². The van der Waals surface area contributed by atoms with Gasteiger partial charge in [0.25, 0.3) is 0 Å². The quantitative estimate of drug-likeness (QED) is 0.850. The fourth-order valence-electron chi connectivity index (χ4n) is 2.54. The van der Waals surface area contributed by atoms with Crippen molar-refractivity contribution in [2.75, 3.05) is 24.5 Å². The number of halogens is 1. The van der Waals surface area contributed by atoms with E-state index < -0.39 is 0 Å². The van der Waals surface area contributed by atoms with Crippen LogP contribution in [0.3, 0.4) is 0 Å². The molecule has 1 fully saturated rings. The second-order valence-corrected chi connectivity index (χ2v) is 6.75.